The van der Waals surface area contributed by atoms with E-state index in [0.29, 0.717) is 19.1 Å². The summed E-state index contributed by atoms with van der Waals surface area (Å²) in [4.78, 5) is 22.6. The second-order valence-corrected chi connectivity index (χ2v) is 5.10. The Labute approximate surface area is 117 Å². The molecule has 0 spiro atoms. The van der Waals surface area contributed by atoms with Crippen molar-refractivity contribution < 1.29 is 14.5 Å². The van der Waals surface area contributed by atoms with E-state index in [9.17, 15) is 14.9 Å². The molecular weight excluding hydrogens is 262 g/mol. The van der Waals surface area contributed by atoms with Gasteiger partial charge in [-0.2, -0.15) is 5.10 Å². The molecule has 0 radical (unpaired) electrons. The summed E-state index contributed by atoms with van der Waals surface area (Å²) in [5.74, 6) is -0.261. The molecule has 1 aliphatic rings. The fourth-order valence-corrected chi connectivity index (χ4v) is 2.66. The normalized spacial score (nSPS) is 15.5. The number of nitro groups is 1. The van der Waals surface area contributed by atoms with Crippen LogP contribution in [0.25, 0.3) is 0 Å². The van der Waals surface area contributed by atoms with Gasteiger partial charge in [0.25, 0.3) is 0 Å². The van der Waals surface area contributed by atoms with E-state index in [1.807, 2.05) is 0 Å². The van der Waals surface area contributed by atoms with Crippen LogP contribution in [0.15, 0.2) is 0 Å². The minimum Gasteiger partial charge on any atom is -0.460 e. The molecule has 0 atom stereocenters. The number of esters is 1. The van der Waals surface area contributed by atoms with E-state index in [0.717, 1.165) is 25.7 Å². The van der Waals surface area contributed by atoms with Crippen LogP contribution in [0.5, 0.6) is 0 Å². The summed E-state index contributed by atoms with van der Waals surface area (Å²) < 4.78 is 6.59. The Morgan fingerprint density at radius 2 is 2.15 bits per heavy atom. The van der Waals surface area contributed by atoms with Gasteiger partial charge in [-0.25, -0.2) is 4.79 Å². The predicted molar refractivity (Wildman–Crippen MR) is 71.5 cm³/mol. The second kappa shape index (κ2) is 6.02. The van der Waals surface area contributed by atoms with E-state index in [4.69, 9.17) is 4.74 Å². The van der Waals surface area contributed by atoms with Crippen LogP contribution in [-0.2, 0) is 11.3 Å². The smallest absolute Gasteiger partial charge is 0.363 e. The summed E-state index contributed by atoms with van der Waals surface area (Å²) >= 11 is 0. The summed E-state index contributed by atoms with van der Waals surface area (Å²) in [5, 5.41) is 15.1. The molecule has 0 N–H and O–H groups in total. The zero-order valence-electron chi connectivity index (χ0n) is 11.8. The first-order valence-electron chi connectivity index (χ1n) is 6.93. The number of carbonyl (C=O) groups excluding carboxylic acids is 1. The van der Waals surface area contributed by atoms with Crippen molar-refractivity contribution in [2.45, 2.75) is 46.1 Å². The molecule has 0 saturated heterocycles. The van der Waals surface area contributed by atoms with Gasteiger partial charge in [0.1, 0.15) is 5.69 Å². The third-order valence-electron chi connectivity index (χ3n) is 3.70. The summed E-state index contributed by atoms with van der Waals surface area (Å²) in [6.07, 6.45) is 4.44. The summed E-state index contributed by atoms with van der Waals surface area (Å²) in [6, 6.07) is 0. The number of hydrogen-bond acceptors (Lipinski definition) is 5. The number of ether oxygens (including phenoxy) is 1. The molecule has 2 rings (SSSR count). The van der Waals surface area contributed by atoms with E-state index >= 15 is 0 Å². The van der Waals surface area contributed by atoms with E-state index in [2.05, 4.69) is 5.10 Å². The SMILES string of the molecule is CCn1nc(C)c([N+](=O)[O-])c1C(=O)OCC1CCCC1. The molecule has 1 saturated carbocycles. The monoisotopic (exact) mass is 281 g/mol. The number of nitrogens with zero attached hydrogens (tertiary/aromatic N) is 3. The van der Waals surface area contributed by atoms with Gasteiger partial charge in [0.2, 0.25) is 5.69 Å². The number of aryl methyl sites for hydroxylation is 2. The molecule has 0 unspecified atom stereocenters. The van der Waals surface area contributed by atoms with Gasteiger partial charge in [-0.05, 0) is 32.6 Å². The van der Waals surface area contributed by atoms with Crippen molar-refractivity contribution in [3.05, 3.63) is 21.5 Å². The van der Waals surface area contributed by atoms with Crippen LogP contribution in [-0.4, -0.2) is 27.3 Å². The van der Waals surface area contributed by atoms with Gasteiger partial charge >= 0.3 is 11.7 Å². The van der Waals surface area contributed by atoms with E-state index in [1.165, 1.54) is 11.6 Å². The Morgan fingerprint density at radius 3 is 2.70 bits per heavy atom. The van der Waals surface area contributed by atoms with Crippen molar-refractivity contribution in [1.29, 1.82) is 0 Å². The molecular formula is C13H19N3O4. The number of aromatic nitrogens is 2. The summed E-state index contributed by atoms with van der Waals surface area (Å²) in [5.41, 5.74) is -0.0547. The van der Waals surface area contributed by atoms with Crippen molar-refractivity contribution in [3.63, 3.8) is 0 Å². The van der Waals surface area contributed by atoms with Crippen LogP contribution in [0.2, 0.25) is 0 Å². The van der Waals surface area contributed by atoms with Gasteiger partial charge < -0.3 is 4.74 Å². The molecule has 7 heteroatoms. The highest BCUT2D eigenvalue weighted by atomic mass is 16.6. The molecule has 20 heavy (non-hydrogen) atoms. The van der Waals surface area contributed by atoms with E-state index in [-0.39, 0.29) is 17.1 Å². The summed E-state index contributed by atoms with van der Waals surface area (Å²) in [6.45, 7) is 4.04. The van der Waals surface area contributed by atoms with Gasteiger partial charge in [-0.1, -0.05) is 12.8 Å². The van der Waals surface area contributed by atoms with Crippen molar-refractivity contribution >= 4 is 11.7 Å². The average molecular weight is 281 g/mol. The van der Waals surface area contributed by atoms with Gasteiger partial charge in [0.15, 0.2) is 0 Å². The van der Waals surface area contributed by atoms with Crippen molar-refractivity contribution in [2.24, 2.45) is 5.92 Å². The van der Waals surface area contributed by atoms with Crippen LogP contribution in [0.1, 0.15) is 48.8 Å². The molecule has 1 fully saturated rings. The Hall–Kier alpha value is -1.92. The first-order chi connectivity index (χ1) is 9.54. The Morgan fingerprint density at radius 1 is 1.50 bits per heavy atom. The lowest BCUT2D eigenvalue weighted by molar-refractivity contribution is -0.385. The predicted octanol–water partition coefficient (Wildman–Crippen LogP) is 2.47. The van der Waals surface area contributed by atoms with Crippen LogP contribution in [0, 0.1) is 23.0 Å². The van der Waals surface area contributed by atoms with Crippen LogP contribution in [0.3, 0.4) is 0 Å². The molecule has 0 bridgehead atoms. The molecule has 7 nitrogen and oxygen atoms in total. The minimum absolute atomic E-state index is 0.0482. The largest absolute Gasteiger partial charge is 0.460 e. The van der Waals surface area contributed by atoms with E-state index in [1.54, 1.807) is 6.92 Å². The standard InChI is InChI=1S/C13H19N3O4/c1-3-15-12(11(16(18)19)9(2)14-15)13(17)20-8-10-6-4-5-7-10/h10H,3-8H2,1-2H3. The minimum atomic E-state index is -0.647. The van der Waals surface area contributed by atoms with Gasteiger partial charge in [0, 0.05) is 6.54 Å². The lowest BCUT2D eigenvalue weighted by Crippen LogP contribution is -2.17. The first kappa shape index (κ1) is 14.5. The molecule has 1 aliphatic carbocycles. The molecule has 1 aromatic rings. The average Bonchev–Trinajstić information content (AvgIpc) is 3.02. The number of rotatable bonds is 5. The van der Waals surface area contributed by atoms with Gasteiger partial charge in [0.05, 0.1) is 11.5 Å². The molecule has 1 heterocycles. The Balaban J connectivity index is 2.17. The van der Waals surface area contributed by atoms with Crippen LogP contribution in [0.4, 0.5) is 5.69 Å². The van der Waals surface area contributed by atoms with Crippen molar-refractivity contribution in [1.82, 2.24) is 9.78 Å². The van der Waals surface area contributed by atoms with Crippen molar-refractivity contribution in [2.75, 3.05) is 6.61 Å². The molecule has 110 valence electrons. The maximum atomic E-state index is 12.1. The fourth-order valence-electron chi connectivity index (χ4n) is 2.66. The van der Waals surface area contributed by atoms with E-state index < -0.39 is 10.9 Å². The van der Waals surface area contributed by atoms with Crippen LogP contribution < -0.4 is 0 Å². The van der Waals surface area contributed by atoms with Crippen LogP contribution >= 0.6 is 0 Å². The zero-order valence-corrected chi connectivity index (χ0v) is 11.8. The number of hydrogen-bond donors (Lipinski definition) is 0. The third kappa shape index (κ3) is 2.81. The molecule has 0 aromatic carbocycles. The Kier molecular flexibility index (Phi) is 4.36. The zero-order chi connectivity index (χ0) is 14.7. The number of carbonyl (C=O) groups is 1. The molecule has 0 amide bonds. The quantitative estimate of drug-likeness (QED) is 0.470. The maximum Gasteiger partial charge on any atom is 0.363 e. The molecule has 1 aromatic heterocycles. The lowest BCUT2D eigenvalue weighted by atomic mass is 10.1. The maximum absolute atomic E-state index is 12.1. The summed E-state index contributed by atoms with van der Waals surface area (Å²) in [7, 11) is 0. The first-order valence-corrected chi connectivity index (χ1v) is 6.93. The second-order valence-electron chi connectivity index (χ2n) is 5.10. The van der Waals surface area contributed by atoms with Gasteiger partial charge in [-0.15, -0.1) is 0 Å². The fraction of sp³-hybridized carbons (Fsp3) is 0.692. The highest BCUT2D eigenvalue weighted by Crippen LogP contribution is 2.27. The van der Waals surface area contributed by atoms with Crippen molar-refractivity contribution in [3.8, 4) is 0 Å². The lowest BCUT2D eigenvalue weighted by Gasteiger charge is -2.10. The van der Waals surface area contributed by atoms with Gasteiger partial charge in [-0.3, -0.25) is 14.8 Å². The molecule has 0 aliphatic heterocycles. The topological polar surface area (TPSA) is 87.3 Å². The third-order valence-corrected chi connectivity index (χ3v) is 3.70. The highest BCUT2D eigenvalue weighted by molar-refractivity contribution is 5.92. The Bertz CT molecular complexity index is 518. The highest BCUT2D eigenvalue weighted by Gasteiger charge is 2.31.